The van der Waals surface area contributed by atoms with Gasteiger partial charge in [0.2, 0.25) is 10.0 Å². The number of fused-ring (bicyclic) bond motifs is 1. The molecule has 0 bridgehead atoms. The summed E-state index contributed by atoms with van der Waals surface area (Å²) in [7, 11) is -1.42. The Labute approximate surface area is 234 Å². The lowest BCUT2D eigenvalue weighted by atomic mass is 9.74. The Morgan fingerprint density at radius 2 is 1.44 bits per heavy atom. The fourth-order valence-electron chi connectivity index (χ4n) is 4.82. The smallest absolute Gasteiger partial charge is 0.323 e. The second kappa shape index (κ2) is 11.7. The fourth-order valence-corrected chi connectivity index (χ4v) is 6.31. The molecule has 0 N–H and O–H groups in total. The molecule has 0 aliphatic carbocycles. The van der Waals surface area contributed by atoms with Crippen LogP contribution in [0.4, 0.5) is 0 Å². The first-order chi connectivity index (χ1) is 18.6. The maximum atomic E-state index is 13.8. The van der Waals surface area contributed by atoms with E-state index in [0.717, 1.165) is 5.56 Å². The van der Waals surface area contributed by atoms with Crippen LogP contribution in [0, 0.1) is 12.3 Å². The molecule has 0 amide bonds. The Kier molecular flexibility index (Phi) is 8.59. The lowest BCUT2D eigenvalue weighted by Gasteiger charge is -2.32. The zero-order valence-corrected chi connectivity index (χ0v) is 23.6. The molecular weight excluding hydrogens is 538 g/mol. The number of allylic oxidation sites excluding steroid dienone is 1. The van der Waals surface area contributed by atoms with Gasteiger partial charge in [0.25, 0.3) is 0 Å². The number of carbonyl (C=O) groups excluding carboxylic acids is 2. The Morgan fingerprint density at radius 3 is 2.03 bits per heavy atom. The average Bonchev–Trinajstić information content (AvgIpc) is 2.94. The van der Waals surface area contributed by atoms with Crippen molar-refractivity contribution >= 4 is 39.1 Å². The third kappa shape index (κ3) is 5.93. The van der Waals surface area contributed by atoms with Gasteiger partial charge in [-0.25, -0.2) is 8.42 Å². The Morgan fingerprint density at radius 1 is 0.846 bits per heavy atom. The quantitative estimate of drug-likeness (QED) is 0.311. The van der Waals surface area contributed by atoms with Gasteiger partial charge in [0.05, 0.1) is 19.1 Å². The van der Waals surface area contributed by atoms with E-state index in [9.17, 15) is 18.0 Å². The van der Waals surface area contributed by atoms with Crippen molar-refractivity contribution < 1.29 is 27.5 Å². The maximum absolute atomic E-state index is 13.8. The van der Waals surface area contributed by atoms with E-state index in [1.807, 2.05) is 6.92 Å². The van der Waals surface area contributed by atoms with Crippen LogP contribution in [0.5, 0.6) is 0 Å². The molecule has 0 saturated heterocycles. The van der Waals surface area contributed by atoms with E-state index in [2.05, 4.69) is 0 Å². The van der Waals surface area contributed by atoms with Crippen LogP contribution in [0.25, 0.3) is 5.57 Å². The average molecular weight is 568 g/mol. The van der Waals surface area contributed by atoms with Gasteiger partial charge in [-0.05, 0) is 66.3 Å². The molecule has 3 aromatic carbocycles. The van der Waals surface area contributed by atoms with Crippen LogP contribution in [0.2, 0.25) is 5.02 Å². The maximum Gasteiger partial charge on any atom is 0.323 e. The second-order valence-electron chi connectivity index (χ2n) is 9.53. The molecule has 0 atom stereocenters. The highest BCUT2D eigenvalue weighted by atomic mass is 35.5. The third-order valence-electron chi connectivity index (χ3n) is 7.02. The predicted molar refractivity (Wildman–Crippen MR) is 149 cm³/mol. The molecule has 4 rings (SSSR count). The topological polar surface area (TPSA) is 90.0 Å². The summed E-state index contributed by atoms with van der Waals surface area (Å²) in [4.78, 5) is 26.9. The van der Waals surface area contributed by atoms with Gasteiger partial charge in [-0.15, -0.1) is 0 Å². The van der Waals surface area contributed by atoms with Gasteiger partial charge in [0, 0.05) is 18.1 Å². The molecule has 0 radical (unpaired) electrons. The predicted octanol–water partition coefficient (Wildman–Crippen LogP) is 5.20. The first-order valence-corrected chi connectivity index (χ1v) is 14.2. The molecule has 0 unspecified atom stereocenters. The summed E-state index contributed by atoms with van der Waals surface area (Å²) < 4.78 is 39.4. The van der Waals surface area contributed by atoms with Crippen molar-refractivity contribution in [3.8, 4) is 0 Å². The molecule has 39 heavy (non-hydrogen) atoms. The monoisotopic (exact) mass is 567 g/mol. The summed E-state index contributed by atoms with van der Waals surface area (Å²) in [5.41, 5.74) is 1.86. The van der Waals surface area contributed by atoms with Crippen LogP contribution in [-0.2, 0) is 42.1 Å². The number of aryl methyl sites for hydroxylation is 1. The van der Waals surface area contributed by atoms with Crippen LogP contribution in [0.15, 0.2) is 83.8 Å². The number of hydrogen-bond donors (Lipinski definition) is 0. The van der Waals surface area contributed by atoms with Gasteiger partial charge in [-0.2, -0.15) is 4.31 Å². The van der Waals surface area contributed by atoms with Crippen LogP contribution in [-0.4, -0.2) is 45.4 Å². The standard InChI is InChI=1S/C30H30ClNO6S/c1-21-8-14-27(15-9-21)39(35,36)32-17-16-24(22-10-12-26(31)13-11-22)19-30(28(33)37-2,29(34)38-3)18-23-6-4-5-7-25(23)20-32/h4-16H,17-20H2,1-3H3/b24-16+. The third-order valence-corrected chi connectivity index (χ3v) is 9.09. The minimum Gasteiger partial charge on any atom is -0.468 e. The van der Waals surface area contributed by atoms with E-state index in [1.54, 1.807) is 78.9 Å². The van der Waals surface area contributed by atoms with Gasteiger partial charge in [0.15, 0.2) is 5.41 Å². The molecule has 9 heteroatoms. The van der Waals surface area contributed by atoms with Crippen molar-refractivity contribution in [3.05, 3.63) is 106 Å². The van der Waals surface area contributed by atoms with E-state index in [0.29, 0.717) is 27.3 Å². The molecule has 1 aliphatic rings. The largest absolute Gasteiger partial charge is 0.468 e. The van der Waals surface area contributed by atoms with Gasteiger partial charge in [-0.1, -0.05) is 71.8 Å². The second-order valence-corrected chi connectivity index (χ2v) is 11.9. The molecule has 3 aromatic rings. The first kappa shape index (κ1) is 28.5. The number of methoxy groups -OCH3 is 2. The number of nitrogens with zero attached hydrogens (tertiary/aromatic N) is 1. The van der Waals surface area contributed by atoms with Gasteiger partial charge in [0.1, 0.15) is 0 Å². The lowest BCUT2D eigenvalue weighted by Crippen LogP contribution is -2.44. The Bertz CT molecular complexity index is 1480. The van der Waals surface area contributed by atoms with Crippen molar-refractivity contribution in [2.24, 2.45) is 5.41 Å². The number of carbonyl (C=O) groups is 2. The summed E-state index contributed by atoms with van der Waals surface area (Å²) in [5, 5.41) is 0.518. The Hall–Kier alpha value is -3.46. The lowest BCUT2D eigenvalue weighted by molar-refractivity contribution is -0.168. The number of sulfonamides is 1. The molecule has 1 aliphatic heterocycles. The van der Waals surface area contributed by atoms with Gasteiger partial charge in [-0.3, -0.25) is 9.59 Å². The van der Waals surface area contributed by atoms with E-state index in [4.69, 9.17) is 21.1 Å². The van der Waals surface area contributed by atoms with E-state index in [-0.39, 0.29) is 30.8 Å². The van der Waals surface area contributed by atoms with Gasteiger partial charge >= 0.3 is 11.9 Å². The minimum atomic E-state index is -3.89. The fraction of sp³-hybridized carbons (Fsp3) is 0.267. The molecule has 0 aromatic heterocycles. The number of rotatable bonds is 5. The minimum absolute atomic E-state index is 0.000922. The summed E-state index contributed by atoms with van der Waals surface area (Å²) in [5.74, 6) is -1.46. The zero-order valence-electron chi connectivity index (χ0n) is 22.0. The highest BCUT2D eigenvalue weighted by Gasteiger charge is 2.49. The molecular formula is C30H30ClNO6S. The van der Waals surface area contributed by atoms with Crippen molar-refractivity contribution in [2.45, 2.75) is 31.2 Å². The Balaban J connectivity index is 1.93. The zero-order chi connectivity index (χ0) is 28.2. The number of benzene rings is 3. The SMILES string of the molecule is COC(=O)C1(C(=O)OC)C/C(c2ccc(Cl)cc2)=C\CN(S(=O)(=O)c2ccc(C)cc2)Cc2ccccc2C1. The van der Waals surface area contributed by atoms with Crippen LogP contribution in [0.3, 0.4) is 0 Å². The first-order valence-electron chi connectivity index (χ1n) is 12.4. The highest BCUT2D eigenvalue weighted by molar-refractivity contribution is 7.89. The summed E-state index contributed by atoms with van der Waals surface area (Å²) in [6.45, 7) is 1.93. The molecule has 1 heterocycles. The highest BCUT2D eigenvalue weighted by Crippen LogP contribution is 2.39. The summed E-state index contributed by atoms with van der Waals surface area (Å²) in [6, 6.07) is 20.8. The van der Waals surface area contributed by atoms with Crippen molar-refractivity contribution in [1.82, 2.24) is 4.31 Å². The van der Waals surface area contributed by atoms with Crippen molar-refractivity contribution in [3.63, 3.8) is 0 Å². The van der Waals surface area contributed by atoms with E-state index >= 15 is 0 Å². The van der Waals surface area contributed by atoms with Crippen LogP contribution < -0.4 is 0 Å². The molecule has 204 valence electrons. The van der Waals surface area contributed by atoms with Gasteiger partial charge < -0.3 is 9.47 Å². The number of hydrogen-bond acceptors (Lipinski definition) is 6. The number of ether oxygens (including phenoxy) is 2. The molecule has 0 saturated carbocycles. The van der Waals surface area contributed by atoms with E-state index in [1.165, 1.54) is 18.5 Å². The summed E-state index contributed by atoms with van der Waals surface area (Å²) in [6.07, 6.45) is 1.64. The number of esters is 2. The van der Waals surface area contributed by atoms with Crippen molar-refractivity contribution in [1.29, 1.82) is 0 Å². The van der Waals surface area contributed by atoms with Crippen LogP contribution >= 0.6 is 11.6 Å². The van der Waals surface area contributed by atoms with Crippen LogP contribution in [0.1, 0.15) is 28.7 Å². The van der Waals surface area contributed by atoms with Crippen molar-refractivity contribution in [2.75, 3.05) is 20.8 Å². The number of halogens is 1. The normalized spacial score (nSPS) is 17.3. The molecule has 0 fully saturated rings. The van der Waals surface area contributed by atoms with E-state index < -0.39 is 27.4 Å². The summed E-state index contributed by atoms with van der Waals surface area (Å²) >= 11 is 6.12. The molecule has 0 spiro atoms. The molecule has 7 nitrogen and oxygen atoms in total.